The standard InChI is InChI=1S/C24H27N3O3S/c1-29-21-8-9-22(30-2)19(14-21)16-26-10-12-27(13-11-26)23(28)15-20-17-31-24(25-20)18-6-4-3-5-7-18/h3-9,14,17H,10-13,15-16H2,1-2H3. The van der Waals surface area contributed by atoms with Gasteiger partial charge < -0.3 is 14.4 Å². The molecule has 162 valence electrons. The minimum atomic E-state index is 0.142. The fourth-order valence-corrected chi connectivity index (χ4v) is 4.60. The van der Waals surface area contributed by atoms with Crippen LogP contribution in [0.3, 0.4) is 0 Å². The molecule has 1 saturated heterocycles. The Kier molecular flexibility index (Phi) is 6.84. The number of carbonyl (C=O) groups excluding carboxylic acids is 1. The zero-order chi connectivity index (χ0) is 21.6. The molecule has 0 unspecified atom stereocenters. The highest BCUT2D eigenvalue weighted by atomic mass is 32.1. The van der Waals surface area contributed by atoms with Gasteiger partial charge in [-0.05, 0) is 18.2 Å². The number of nitrogens with zero attached hydrogens (tertiary/aromatic N) is 3. The van der Waals surface area contributed by atoms with Crippen molar-refractivity contribution >= 4 is 17.2 Å². The highest BCUT2D eigenvalue weighted by molar-refractivity contribution is 7.13. The van der Waals surface area contributed by atoms with E-state index in [1.165, 1.54) is 0 Å². The summed E-state index contributed by atoms with van der Waals surface area (Å²) >= 11 is 1.59. The lowest BCUT2D eigenvalue weighted by atomic mass is 10.1. The highest BCUT2D eigenvalue weighted by Crippen LogP contribution is 2.26. The second-order valence-electron chi connectivity index (χ2n) is 7.52. The third-order valence-corrected chi connectivity index (χ3v) is 6.45. The van der Waals surface area contributed by atoms with Crippen LogP contribution in [-0.4, -0.2) is 61.1 Å². The summed E-state index contributed by atoms with van der Waals surface area (Å²) in [5.41, 5.74) is 3.03. The van der Waals surface area contributed by atoms with Crippen molar-refractivity contribution in [2.75, 3.05) is 40.4 Å². The molecule has 6 nitrogen and oxygen atoms in total. The minimum absolute atomic E-state index is 0.142. The molecule has 31 heavy (non-hydrogen) atoms. The lowest BCUT2D eigenvalue weighted by Crippen LogP contribution is -2.48. The molecule has 0 bridgehead atoms. The molecule has 4 rings (SSSR count). The van der Waals surface area contributed by atoms with Gasteiger partial charge in [0.2, 0.25) is 5.91 Å². The van der Waals surface area contributed by atoms with Crippen molar-refractivity contribution in [2.45, 2.75) is 13.0 Å². The monoisotopic (exact) mass is 437 g/mol. The topological polar surface area (TPSA) is 54.9 Å². The van der Waals surface area contributed by atoms with Crippen molar-refractivity contribution in [1.29, 1.82) is 0 Å². The second-order valence-corrected chi connectivity index (χ2v) is 8.38. The van der Waals surface area contributed by atoms with E-state index in [0.717, 1.165) is 66.1 Å². The number of methoxy groups -OCH3 is 2. The van der Waals surface area contributed by atoms with Gasteiger partial charge in [0.25, 0.3) is 0 Å². The fraction of sp³-hybridized carbons (Fsp3) is 0.333. The molecule has 3 aromatic rings. The van der Waals surface area contributed by atoms with Gasteiger partial charge in [0.1, 0.15) is 16.5 Å². The van der Waals surface area contributed by atoms with Crippen LogP contribution >= 0.6 is 11.3 Å². The van der Waals surface area contributed by atoms with E-state index >= 15 is 0 Å². The van der Waals surface area contributed by atoms with E-state index in [1.807, 2.05) is 58.8 Å². The molecule has 0 N–H and O–H groups in total. The predicted octanol–water partition coefficient (Wildman–Crippen LogP) is 3.71. The number of ether oxygens (including phenoxy) is 2. The fourth-order valence-electron chi connectivity index (χ4n) is 3.77. The summed E-state index contributed by atoms with van der Waals surface area (Å²) in [5, 5.41) is 2.95. The molecule has 0 spiro atoms. The third-order valence-electron chi connectivity index (χ3n) is 5.51. The molecule has 0 aliphatic carbocycles. The summed E-state index contributed by atoms with van der Waals surface area (Å²) in [5.74, 6) is 1.82. The summed E-state index contributed by atoms with van der Waals surface area (Å²) in [6.07, 6.45) is 0.354. The number of benzene rings is 2. The van der Waals surface area contributed by atoms with Crippen molar-refractivity contribution in [1.82, 2.24) is 14.8 Å². The molecule has 1 aliphatic rings. The summed E-state index contributed by atoms with van der Waals surface area (Å²) in [4.78, 5) is 21.7. The Bertz CT molecular complexity index is 1010. The summed E-state index contributed by atoms with van der Waals surface area (Å²) in [7, 11) is 3.35. The van der Waals surface area contributed by atoms with Crippen molar-refractivity contribution in [3.63, 3.8) is 0 Å². The smallest absolute Gasteiger partial charge is 0.228 e. The molecule has 0 radical (unpaired) electrons. The second kappa shape index (κ2) is 9.94. The van der Waals surface area contributed by atoms with Crippen molar-refractivity contribution in [3.8, 4) is 22.1 Å². The number of hydrogen-bond donors (Lipinski definition) is 0. The largest absolute Gasteiger partial charge is 0.497 e. The summed E-state index contributed by atoms with van der Waals surface area (Å²) in [6, 6.07) is 15.9. The van der Waals surface area contributed by atoms with Crippen LogP contribution in [0.25, 0.3) is 10.6 Å². The first-order valence-corrected chi connectivity index (χ1v) is 11.2. The van der Waals surface area contributed by atoms with Gasteiger partial charge in [-0.2, -0.15) is 0 Å². The van der Waals surface area contributed by atoms with Crippen molar-refractivity contribution in [3.05, 3.63) is 65.2 Å². The molecular formula is C24H27N3O3S. The van der Waals surface area contributed by atoms with E-state index in [2.05, 4.69) is 9.88 Å². The number of hydrogen-bond acceptors (Lipinski definition) is 6. The third kappa shape index (κ3) is 5.24. The average Bonchev–Trinajstić information content (AvgIpc) is 3.28. The predicted molar refractivity (Wildman–Crippen MR) is 123 cm³/mol. The van der Waals surface area contributed by atoms with E-state index in [9.17, 15) is 4.79 Å². The van der Waals surface area contributed by atoms with Gasteiger partial charge in [-0.25, -0.2) is 4.98 Å². The summed E-state index contributed by atoms with van der Waals surface area (Å²) in [6.45, 7) is 3.88. The zero-order valence-corrected chi connectivity index (χ0v) is 18.7. The van der Waals surface area contributed by atoms with Gasteiger partial charge in [0, 0.05) is 49.2 Å². The lowest BCUT2D eigenvalue weighted by molar-refractivity contribution is -0.132. The van der Waals surface area contributed by atoms with E-state index in [1.54, 1.807) is 25.6 Å². The van der Waals surface area contributed by atoms with Crippen LogP contribution in [0.1, 0.15) is 11.3 Å². The minimum Gasteiger partial charge on any atom is -0.497 e. The summed E-state index contributed by atoms with van der Waals surface area (Å²) < 4.78 is 10.8. The first-order chi connectivity index (χ1) is 15.2. The Morgan fingerprint density at radius 1 is 1.03 bits per heavy atom. The molecule has 7 heteroatoms. The van der Waals surface area contributed by atoms with Crippen LogP contribution in [0.5, 0.6) is 11.5 Å². The maximum absolute atomic E-state index is 12.8. The Balaban J connectivity index is 1.31. The van der Waals surface area contributed by atoms with Crippen LogP contribution in [0.4, 0.5) is 0 Å². The van der Waals surface area contributed by atoms with Gasteiger partial charge >= 0.3 is 0 Å². The van der Waals surface area contributed by atoms with Gasteiger partial charge in [0.05, 0.1) is 26.3 Å². The van der Waals surface area contributed by atoms with Gasteiger partial charge in [-0.1, -0.05) is 30.3 Å². The van der Waals surface area contributed by atoms with E-state index in [4.69, 9.17) is 9.47 Å². The van der Waals surface area contributed by atoms with Crippen LogP contribution < -0.4 is 9.47 Å². The SMILES string of the molecule is COc1ccc(OC)c(CN2CCN(C(=O)Cc3csc(-c4ccccc4)n3)CC2)c1. The highest BCUT2D eigenvalue weighted by Gasteiger charge is 2.23. The maximum atomic E-state index is 12.8. The molecule has 0 atom stereocenters. The Morgan fingerprint density at radius 2 is 1.81 bits per heavy atom. The number of aromatic nitrogens is 1. The first-order valence-electron chi connectivity index (χ1n) is 10.4. The van der Waals surface area contributed by atoms with Crippen LogP contribution in [-0.2, 0) is 17.8 Å². The molecule has 1 aliphatic heterocycles. The Labute approximate surface area is 187 Å². The van der Waals surface area contributed by atoms with Crippen molar-refractivity contribution in [2.24, 2.45) is 0 Å². The normalized spacial score (nSPS) is 14.5. The lowest BCUT2D eigenvalue weighted by Gasteiger charge is -2.35. The molecule has 0 saturated carbocycles. The number of amides is 1. The van der Waals surface area contributed by atoms with E-state index < -0.39 is 0 Å². The van der Waals surface area contributed by atoms with Crippen molar-refractivity contribution < 1.29 is 14.3 Å². The number of thiazole rings is 1. The zero-order valence-electron chi connectivity index (χ0n) is 17.9. The number of carbonyl (C=O) groups is 1. The van der Waals surface area contributed by atoms with E-state index in [0.29, 0.717) is 6.42 Å². The maximum Gasteiger partial charge on any atom is 0.228 e. The first kappa shape index (κ1) is 21.3. The quantitative estimate of drug-likeness (QED) is 0.564. The molecule has 1 aromatic heterocycles. The Hall–Kier alpha value is -2.90. The van der Waals surface area contributed by atoms with Gasteiger partial charge in [-0.15, -0.1) is 11.3 Å². The average molecular weight is 438 g/mol. The van der Waals surface area contributed by atoms with Crippen LogP contribution in [0.15, 0.2) is 53.9 Å². The van der Waals surface area contributed by atoms with Crippen LogP contribution in [0, 0.1) is 0 Å². The molecule has 2 aromatic carbocycles. The van der Waals surface area contributed by atoms with Gasteiger partial charge in [0.15, 0.2) is 0 Å². The Morgan fingerprint density at radius 3 is 2.52 bits per heavy atom. The molecule has 1 fully saturated rings. The number of rotatable bonds is 7. The van der Waals surface area contributed by atoms with Crippen LogP contribution in [0.2, 0.25) is 0 Å². The number of piperazine rings is 1. The van der Waals surface area contributed by atoms with E-state index in [-0.39, 0.29) is 5.91 Å². The molecular weight excluding hydrogens is 410 g/mol. The molecule has 2 heterocycles. The molecule has 1 amide bonds. The van der Waals surface area contributed by atoms with Gasteiger partial charge in [-0.3, -0.25) is 9.69 Å².